The van der Waals surface area contributed by atoms with Crippen LogP contribution in [0.4, 0.5) is 0 Å². The quantitative estimate of drug-likeness (QED) is 0.490. The molecule has 2 heterocycles. The molecule has 0 aromatic heterocycles. The number of hydrogen-bond acceptors (Lipinski definition) is 3. The van der Waals surface area contributed by atoms with Gasteiger partial charge in [-0.1, -0.05) is 60.7 Å². The summed E-state index contributed by atoms with van der Waals surface area (Å²) in [6.45, 7) is 2.67. The fraction of sp³-hybridized carbons (Fsp3) is 0.316. The molecule has 2 aliphatic rings. The monoisotopic (exact) mass is 325 g/mol. The van der Waals surface area contributed by atoms with Crippen LogP contribution < -0.4 is 0 Å². The Morgan fingerprint density at radius 2 is 1.74 bits per heavy atom. The zero-order valence-electron chi connectivity index (χ0n) is 13.0. The molecule has 0 radical (unpaired) electrons. The van der Waals surface area contributed by atoms with Gasteiger partial charge in [0.15, 0.2) is 5.78 Å². The molecule has 2 aliphatic heterocycles. The first kappa shape index (κ1) is 14.9. The van der Waals surface area contributed by atoms with Gasteiger partial charge in [0.25, 0.3) is 0 Å². The molecule has 2 aromatic carbocycles. The number of nitrogens with zero attached hydrogens (tertiary/aromatic N) is 2. The van der Waals surface area contributed by atoms with Crippen molar-refractivity contribution in [3.63, 3.8) is 0 Å². The van der Waals surface area contributed by atoms with Gasteiger partial charge in [-0.25, -0.2) is 9.80 Å². The smallest absolute Gasteiger partial charge is 0.228 e. The molecule has 2 atom stereocenters. The first-order chi connectivity index (χ1) is 11.3. The van der Waals surface area contributed by atoms with Gasteiger partial charge in [-0.2, -0.15) is 0 Å². The highest BCUT2D eigenvalue weighted by Crippen LogP contribution is 2.35. The van der Waals surface area contributed by atoms with Crippen molar-refractivity contribution in [2.75, 3.05) is 25.4 Å². The van der Waals surface area contributed by atoms with E-state index < -0.39 is 0 Å². The van der Waals surface area contributed by atoms with Gasteiger partial charge in [0.2, 0.25) is 5.50 Å². The SMILES string of the molecule is O=C(CN1C(c2ccccc2)CN2CC[SH+]C21)c1ccccc1. The van der Waals surface area contributed by atoms with Gasteiger partial charge >= 0.3 is 0 Å². The second-order valence-electron chi connectivity index (χ2n) is 6.14. The van der Waals surface area contributed by atoms with Crippen molar-refractivity contribution in [1.82, 2.24) is 9.80 Å². The largest absolute Gasteiger partial charge is 0.293 e. The number of benzene rings is 2. The minimum Gasteiger partial charge on any atom is -0.293 e. The van der Waals surface area contributed by atoms with Crippen LogP contribution in [0.25, 0.3) is 0 Å². The Balaban J connectivity index is 1.59. The molecule has 0 saturated carbocycles. The van der Waals surface area contributed by atoms with Gasteiger partial charge < -0.3 is 0 Å². The third-order valence-corrected chi connectivity index (χ3v) is 6.12. The van der Waals surface area contributed by atoms with Crippen LogP contribution in [0.1, 0.15) is 22.0 Å². The molecule has 2 saturated heterocycles. The number of hydrogen-bond donors (Lipinski definition) is 0. The molecule has 118 valence electrons. The standard InChI is InChI=1S/C19H20N2OS/c22-18(16-9-5-2-6-10-16)14-21-17(15-7-3-1-4-8-15)13-20-11-12-23-19(20)21/h1-10,17,19H,11-14H2/p+1. The average molecular weight is 325 g/mol. The van der Waals surface area contributed by atoms with E-state index in [1.54, 1.807) is 0 Å². The molecule has 0 bridgehead atoms. The number of Topliss-reactive ketones (excluding diaryl/α,β-unsaturated/α-hetero) is 1. The van der Waals surface area contributed by atoms with Gasteiger partial charge in [0, 0.05) is 30.4 Å². The summed E-state index contributed by atoms with van der Waals surface area (Å²) < 4.78 is 0. The van der Waals surface area contributed by atoms with Crippen LogP contribution in [-0.4, -0.2) is 46.5 Å². The fourth-order valence-corrected chi connectivity index (χ4v) is 5.06. The maximum Gasteiger partial charge on any atom is 0.228 e. The van der Waals surface area contributed by atoms with E-state index in [4.69, 9.17) is 0 Å². The Bertz CT molecular complexity index is 676. The lowest BCUT2D eigenvalue weighted by Gasteiger charge is -2.24. The third-order valence-electron chi connectivity index (χ3n) is 4.72. The van der Waals surface area contributed by atoms with E-state index >= 15 is 0 Å². The molecule has 0 N–H and O–H groups in total. The lowest BCUT2D eigenvalue weighted by Crippen LogP contribution is -2.39. The minimum atomic E-state index is 0.218. The summed E-state index contributed by atoms with van der Waals surface area (Å²) in [5, 5.41) is 0. The molecule has 0 spiro atoms. The third kappa shape index (κ3) is 2.94. The summed E-state index contributed by atoms with van der Waals surface area (Å²) >= 11 is 1.43. The zero-order valence-corrected chi connectivity index (χ0v) is 13.9. The van der Waals surface area contributed by atoms with E-state index in [0.717, 1.165) is 18.7 Å². The van der Waals surface area contributed by atoms with E-state index in [2.05, 4.69) is 40.1 Å². The average Bonchev–Trinajstić information content (AvgIpc) is 3.19. The maximum absolute atomic E-state index is 12.7. The van der Waals surface area contributed by atoms with E-state index in [0.29, 0.717) is 18.1 Å². The molecule has 0 amide bonds. The van der Waals surface area contributed by atoms with Gasteiger partial charge in [-0.05, 0) is 5.56 Å². The summed E-state index contributed by atoms with van der Waals surface area (Å²) in [5.41, 5.74) is 2.53. The molecule has 3 nitrogen and oxygen atoms in total. The number of carbonyl (C=O) groups excluding carboxylic acids is 1. The van der Waals surface area contributed by atoms with Gasteiger partial charge in [0.05, 0.1) is 12.6 Å². The van der Waals surface area contributed by atoms with Crippen molar-refractivity contribution in [1.29, 1.82) is 0 Å². The highest BCUT2D eigenvalue weighted by molar-refractivity contribution is 7.79. The van der Waals surface area contributed by atoms with Gasteiger partial charge in [-0.3, -0.25) is 4.79 Å². The first-order valence-corrected chi connectivity index (χ1v) is 9.27. The van der Waals surface area contributed by atoms with E-state index in [-0.39, 0.29) is 5.78 Å². The maximum atomic E-state index is 12.7. The highest BCUT2D eigenvalue weighted by Gasteiger charge is 2.48. The predicted molar refractivity (Wildman–Crippen MR) is 95.6 cm³/mol. The van der Waals surface area contributed by atoms with Crippen LogP contribution in [0.2, 0.25) is 0 Å². The normalized spacial score (nSPS) is 24.7. The number of ketones is 1. The van der Waals surface area contributed by atoms with Crippen molar-refractivity contribution < 1.29 is 4.79 Å². The van der Waals surface area contributed by atoms with Crippen molar-refractivity contribution >= 4 is 17.5 Å². The molecule has 2 aromatic rings. The van der Waals surface area contributed by atoms with E-state index in [1.165, 1.54) is 23.1 Å². The summed E-state index contributed by atoms with van der Waals surface area (Å²) in [7, 11) is 0. The molecule has 23 heavy (non-hydrogen) atoms. The van der Waals surface area contributed by atoms with Crippen LogP contribution >= 0.6 is 0 Å². The van der Waals surface area contributed by atoms with Crippen molar-refractivity contribution in [3.8, 4) is 0 Å². The number of rotatable bonds is 4. The minimum absolute atomic E-state index is 0.218. The second-order valence-corrected chi connectivity index (χ2v) is 7.41. The summed E-state index contributed by atoms with van der Waals surface area (Å²) in [5.74, 6) is 1.43. The second kappa shape index (κ2) is 6.48. The van der Waals surface area contributed by atoms with Crippen molar-refractivity contribution in [2.24, 2.45) is 0 Å². The van der Waals surface area contributed by atoms with Crippen molar-refractivity contribution in [2.45, 2.75) is 11.5 Å². The molecular formula is C19H21N2OS+. The molecule has 4 heteroatoms. The number of fused-ring (bicyclic) bond motifs is 1. The van der Waals surface area contributed by atoms with Crippen molar-refractivity contribution in [3.05, 3.63) is 71.8 Å². The highest BCUT2D eigenvalue weighted by atomic mass is 32.2. The molecular weight excluding hydrogens is 304 g/mol. The Kier molecular flexibility index (Phi) is 4.21. The lowest BCUT2D eigenvalue weighted by molar-refractivity contribution is 0.0900. The van der Waals surface area contributed by atoms with E-state index in [1.807, 2.05) is 30.3 Å². The Labute approximate surface area is 141 Å². The predicted octanol–water partition coefficient (Wildman–Crippen LogP) is 2.34. The molecule has 4 rings (SSSR count). The first-order valence-electron chi connectivity index (χ1n) is 8.12. The summed E-state index contributed by atoms with van der Waals surface area (Å²) in [4.78, 5) is 17.6. The zero-order chi connectivity index (χ0) is 15.6. The van der Waals surface area contributed by atoms with Crippen LogP contribution in [0.3, 0.4) is 0 Å². The van der Waals surface area contributed by atoms with Gasteiger partial charge in [-0.15, -0.1) is 0 Å². The number of thiol groups is 1. The van der Waals surface area contributed by atoms with Crippen LogP contribution in [-0.2, 0) is 11.8 Å². The Hall–Kier alpha value is -1.62. The molecule has 2 unspecified atom stereocenters. The Morgan fingerprint density at radius 3 is 2.48 bits per heavy atom. The topological polar surface area (TPSA) is 23.6 Å². The molecule has 2 fully saturated rings. The van der Waals surface area contributed by atoms with Crippen LogP contribution in [0.5, 0.6) is 0 Å². The number of carbonyl (C=O) groups is 1. The fourth-order valence-electron chi connectivity index (χ4n) is 3.57. The van der Waals surface area contributed by atoms with Gasteiger partial charge in [0.1, 0.15) is 5.75 Å². The molecule has 0 aliphatic carbocycles. The summed E-state index contributed by atoms with van der Waals surface area (Å²) in [6.07, 6.45) is 0. The lowest BCUT2D eigenvalue weighted by atomic mass is 10.1. The Morgan fingerprint density at radius 1 is 1.04 bits per heavy atom. The van der Waals surface area contributed by atoms with E-state index in [9.17, 15) is 4.79 Å². The van der Waals surface area contributed by atoms with Crippen LogP contribution in [0, 0.1) is 0 Å². The van der Waals surface area contributed by atoms with Crippen LogP contribution in [0.15, 0.2) is 60.7 Å². The summed E-state index contributed by atoms with van der Waals surface area (Å²) in [6, 6.07) is 20.6.